The summed E-state index contributed by atoms with van der Waals surface area (Å²) >= 11 is 0. The Balaban J connectivity index is 2.25. The third-order valence-electron chi connectivity index (χ3n) is 2.33. The number of halogens is 2. The molecule has 0 aromatic heterocycles. The largest absolute Gasteiger partial charge is 0.330 e. The average molecular weight is 178 g/mol. The van der Waals surface area contributed by atoms with Crippen molar-refractivity contribution in [2.75, 3.05) is 26.2 Å². The summed E-state index contributed by atoms with van der Waals surface area (Å²) in [6.07, 6.45) is -0.105. The molecular formula is C8H16F2N2. The van der Waals surface area contributed by atoms with Crippen molar-refractivity contribution in [3.8, 4) is 0 Å². The van der Waals surface area contributed by atoms with E-state index < -0.39 is 6.43 Å². The molecule has 0 amide bonds. The summed E-state index contributed by atoms with van der Waals surface area (Å²) in [6, 6.07) is 0. The lowest BCUT2D eigenvalue weighted by Gasteiger charge is -2.31. The summed E-state index contributed by atoms with van der Waals surface area (Å²) in [5.41, 5.74) is 5.48. The van der Waals surface area contributed by atoms with Crippen LogP contribution in [0.3, 0.4) is 0 Å². The van der Waals surface area contributed by atoms with Gasteiger partial charge in [0.25, 0.3) is 6.43 Å². The molecule has 12 heavy (non-hydrogen) atoms. The molecule has 0 radical (unpaired) electrons. The lowest BCUT2D eigenvalue weighted by atomic mass is 9.98. The van der Waals surface area contributed by atoms with Crippen LogP contribution in [0.25, 0.3) is 0 Å². The van der Waals surface area contributed by atoms with E-state index in [-0.39, 0.29) is 6.54 Å². The normalized spacial score (nSPS) is 26.5. The lowest BCUT2D eigenvalue weighted by molar-refractivity contribution is 0.0660. The van der Waals surface area contributed by atoms with Gasteiger partial charge in [0, 0.05) is 6.54 Å². The van der Waals surface area contributed by atoms with E-state index in [1.54, 1.807) is 0 Å². The van der Waals surface area contributed by atoms with Crippen molar-refractivity contribution in [2.45, 2.75) is 19.3 Å². The molecule has 0 aromatic rings. The summed E-state index contributed by atoms with van der Waals surface area (Å²) in [6.45, 7) is 2.10. The van der Waals surface area contributed by atoms with E-state index in [2.05, 4.69) is 0 Å². The number of piperidine rings is 1. The topological polar surface area (TPSA) is 29.3 Å². The van der Waals surface area contributed by atoms with Crippen molar-refractivity contribution < 1.29 is 8.78 Å². The molecule has 1 atom stereocenters. The van der Waals surface area contributed by atoms with Crippen LogP contribution in [0.1, 0.15) is 12.8 Å². The molecular weight excluding hydrogens is 162 g/mol. The molecule has 1 aliphatic heterocycles. The maximum absolute atomic E-state index is 12.0. The van der Waals surface area contributed by atoms with Gasteiger partial charge in [-0.25, -0.2) is 8.78 Å². The van der Waals surface area contributed by atoms with E-state index >= 15 is 0 Å². The first-order valence-electron chi connectivity index (χ1n) is 4.43. The minimum atomic E-state index is -2.21. The number of nitrogens with zero attached hydrogens (tertiary/aromatic N) is 1. The van der Waals surface area contributed by atoms with Crippen molar-refractivity contribution in [2.24, 2.45) is 11.7 Å². The standard InChI is InChI=1S/C8H16F2N2/c9-8(10)6-12-3-1-2-7(4-11)5-12/h7-8H,1-6,11H2. The van der Waals surface area contributed by atoms with Gasteiger partial charge in [-0.05, 0) is 31.8 Å². The Morgan fingerprint density at radius 1 is 1.50 bits per heavy atom. The number of nitrogens with two attached hydrogens (primary N) is 1. The fourth-order valence-electron chi connectivity index (χ4n) is 1.70. The van der Waals surface area contributed by atoms with Gasteiger partial charge in [-0.1, -0.05) is 0 Å². The molecule has 2 nitrogen and oxygen atoms in total. The fraction of sp³-hybridized carbons (Fsp3) is 1.00. The molecule has 2 N–H and O–H groups in total. The first-order chi connectivity index (χ1) is 5.72. The highest BCUT2D eigenvalue weighted by atomic mass is 19.3. The summed E-state index contributed by atoms with van der Waals surface area (Å²) in [5, 5.41) is 0. The predicted molar refractivity (Wildman–Crippen MR) is 44.2 cm³/mol. The highest BCUT2D eigenvalue weighted by Gasteiger charge is 2.20. The highest BCUT2D eigenvalue weighted by molar-refractivity contribution is 4.73. The number of likely N-dealkylation sites (tertiary alicyclic amines) is 1. The first-order valence-corrected chi connectivity index (χ1v) is 4.43. The zero-order chi connectivity index (χ0) is 8.97. The zero-order valence-electron chi connectivity index (χ0n) is 7.18. The van der Waals surface area contributed by atoms with E-state index in [1.807, 2.05) is 4.90 Å². The second kappa shape index (κ2) is 4.72. The van der Waals surface area contributed by atoms with Crippen LogP contribution < -0.4 is 5.73 Å². The van der Waals surface area contributed by atoms with Crippen LogP contribution in [0.5, 0.6) is 0 Å². The SMILES string of the molecule is NCC1CCCN(CC(F)F)C1. The van der Waals surface area contributed by atoms with Crippen LogP contribution in [0.4, 0.5) is 8.78 Å². The monoisotopic (exact) mass is 178 g/mol. The molecule has 0 bridgehead atoms. The minimum Gasteiger partial charge on any atom is -0.330 e. The smallest absolute Gasteiger partial charge is 0.251 e. The molecule has 1 rings (SSSR count). The van der Waals surface area contributed by atoms with E-state index in [9.17, 15) is 8.78 Å². The second-order valence-corrected chi connectivity index (χ2v) is 3.39. The van der Waals surface area contributed by atoms with Crippen LogP contribution in [-0.4, -0.2) is 37.5 Å². The molecule has 1 fully saturated rings. The molecule has 1 unspecified atom stereocenters. The average Bonchev–Trinajstić information content (AvgIpc) is 2.03. The Hall–Kier alpha value is -0.220. The Morgan fingerprint density at radius 3 is 2.83 bits per heavy atom. The molecule has 1 aliphatic rings. The van der Waals surface area contributed by atoms with Crippen LogP contribution in [-0.2, 0) is 0 Å². The van der Waals surface area contributed by atoms with Crippen LogP contribution >= 0.6 is 0 Å². The Bertz CT molecular complexity index is 130. The minimum absolute atomic E-state index is 0.0868. The molecule has 0 spiro atoms. The Morgan fingerprint density at radius 2 is 2.25 bits per heavy atom. The van der Waals surface area contributed by atoms with E-state index in [4.69, 9.17) is 5.73 Å². The van der Waals surface area contributed by atoms with Crippen LogP contribution in [0.15, 0.2) is 0 Å². The van der Waals surface area contributed by atoms with E-state index in [0.29, 0.717) is 12.5 Å². The Kier molecular flexibility index (Phi) is 3.88. The third-order valence-corrected chi connectivity index (χ3v) is 2.33. The van der Waals surface area contributed by atoms with Crippen LogP contribution in [0.2, 0.25) is 0 Å². The van der Waals surface area contributed by atoms with Gasteiger partial charge >= 0.3 is 0 Å². The summed E-state index contributed by atoms with van der Waals surface area (Å²) in [4.78, 5) is 1.81. The fourth-order valence-corrected chi connectivity index (χ4v) is 1.70. The number of hydrogen-bond acceptors (Lipinski definition) is 2. The van der Waals surface area contributed by atoms with Gasteiger partial charge in [-0.15, -0.1) is 0 Å². The molecule has 1 heterocycles. The highest BCUT2D eigenvalue weighted by Crippen LogP contribution is 2.15. The van der Waals surface area contributed by atoms with E-state index in [1.165, 1.54) is 0 Å². The second-order valence-electron chi connectivity index (χ2n) is 3.39. The van der Waals surface area contributed by atoms with Crippen molar-refractivity contribution >= 4 is 0 Å². The molecule has 1 saturated heterocycles. The zero-order valence-corrected chi connectivity index (χ0v) is 7.18. The van der Waals surface area contributed by atoms with Gasteiger partial charge in [0.05, 0.1) is 6.54 Å². The summed E-state index contributed by atoms with van der Waals surface area (Å²) in [7, 11) is 0. The van der Waals surface area contributed by atoms with Gasteiger partial charge in [0.1, 0.15) is 0 Å². The number of alkyl halides is 2. The van der Waals surface area contributed by atoms with Gasteiger partial charge in [0.2, 0.25) is 0 Å². The van der Waals surface area contributed by atoms with Crippen LogP contribution in [0, 0.1) is 5.92 Å². The van der Waals surface area contributed by atoms with Gasteiger partial charge in [0.15, 0.2) is 0 Å². The maximum atomic E-state index is 12.0. The van der Waals surface area contributed by atoms with E-state index in [0.717, 1.165) is 25.9 Å². The molecule has 0 aliphatic carbocycles. The lowest BCUT2D eigenvalue weighted by Crippen LogP contribution is -2.40. The number of hydrogen-bond donors (Lipinski definition) is 1. The Labute approximate surface area is 71.7 Å². The quantitative estimate of drug-likeness (QED) is 0.696. The first kappa shape index (κ1) is 9.86. The van der Waals surface area contributed by atoms with Crippen molar-refractivity contribution in [1.29, 1.82) is 0 Å². The van der Waals surface area contributed by atoms with Crippen molar-refractivity contribution in [3.63, 3.8) is 0 Å². The summed E-state index contributed by atoms with van der Waals surface area (Å²) < 4.78 is 24.0. The molecule has 4 heteroatoms. The van der Waals surface area contributed by atoms with Crippen molar-refractivity contribution in [1.82, 2.24) is 4.90 Å². The van der Waals surface area contributed by atoms with Gasteiger partial charge < -0.3 is 5.73 Å². The predicted octanol–water partition coefficient (Wildman–Crippen LogP) is 0.922. The van der Waals surface area contributed by atoms with Crippen molar-refractivity contribution in [3.05, 3.63) is 0 Å². The molecule has 0 saturated carbocycles. The maximum Gasteiger partial charge on any atom is 0.251 e. The van der Waals surface area contributed by atoms with Gasteiger partial charge in [-0.2, -0.15) is 0 Å². The third kappa shape index (κ3) is 3.03. The summed E-state index contributed by atoms with van der Waals surface area (Å²) in [5.74, 6) is 0.428. The molecule has 72 valence electrons. The van der Waals surface area contributed by atoms with Gasteiger partial charge in [-0.3, -0.25) is 4.90 Å². The molecule has 0 aromatic carbocycles. The number of rotatable bonds is 3.